The van der Waals surface area contributed by atoms with E-state index in [9.17, 15) is 9.59 Å². The zero-order valence-electron chi connectivity index (χ0n) is 28.2. The normalized spacial score (nSPS) is 19.0. The van der Waals surface area contributed by atoms with Crippen molar-refractivity contribution < 1.29 is 14.3 Å². The van der Waals surface area contributed by atoms with Crippen molar-refractivity contribution in [1.29, 1.82) is 0 Å². The van der Waals surface area contributed by atoms with Crippen LogP contribution in [0.4, 0.5) is 5.95 Å². The van der Waals surface area contributed by atoms with Gasteiger partial charge >= 0.3 is 0 Å². The topological polar surface area (TPSA) is 150 Å². The molecule has 1 spiro atoms. The fourth-order valence-corrected chi connectivity index (χ4v) is 8.63. The van der Waals surface area contributed by atoms with E-state index in [0.717, 1.165) is 110 Å². The molecule has 2 N–H and O–H groups in total. The molecule has 1 aromatic carbocycles. The molecule has 0 bridgehead atoms. The van der Waals surface area contributed by atoms with Crippen molar-refractivity contribution in [2.24, 2.45) is 17.1 Å². The van der Waals surface area contributed by atoms with Crippen LogP contribution in [0.1, 0.15) is 60.3 Å². The van der Waals surface area contributed by atoms with Crippen molar-refractivity contribution in [1.82, 2.24) is 39.4 Å². The maximum Gasteiger partial charge on any atom is 0.251 e. The third-order valence-corrected chi connectivity index (χ3v) is 11.2. The lowest BCUT2D eigenvalue weighted by atomic mass is 9.58. The van der Waals surface area contributed by atoms with E-state index in [1.165, 1.54) is 18.1 Å². The molecule has 4 aromatic heterocycles. The summed E-state index contributed by atoms with van der Waals surface area (Å²) in [5, 5.41) is 12.1. The van der Waals surface area contributed by atoms with Crippen LogP contribution >= 0.6 is 0 Å². The van der Waals surface area contributed by atoms with Crippen LogP contribution in [0, 0.1) is 11.3 Å². The molecule has 0 atom stereocenters. The fraction of sp³-hybridized carbons (Fsp3) is 0.432. The Morgan fingerprint density at radius 1 is 1.04 bits per heavy atom. The van der Waals surface area contributed by atoms with Crippen LogP contribution < -0.4 is 10.6 Å². The number of carbonyl (C=O) groups is 2. The van der Waals surface area contributed by atoms with Crippen molar-refractivity contribution in [2.45, 2.75) is 58.2 Å². The Balaban J connectivity index is 0.905. The number of primary amides is 1. The lowest BCUT2D eigenvalue weighted by molar-refractivity contribution is -0.129. The summed E-state index contributed by atoms with van der Waals surface area (Å²) >= 11 is 0. The van der Waals surface area contributed by atoms with E-state index in [2.05, 4.69) is 50.0 Å². The first-order chi connectivity index (χ1) is 24.3. The van der Waals surface area contributed by atoms with Gasteiger partial charge in [0.25, 0.3) is 5.91 Å². The average molecular weight is 673 g/mol. The van der Waals surface area contributed by atoms with E-state index in [1.54, 1.807) is 6.92 Å². The van der Waals surface area contributed by atoms with Crippen LogP contribution in [0.2, 0.25) is 0 Å². The summed E-state index contributed by atoms with van der Waals surface area (Å²) in [4.78, 5) is 41.4. The van der Waals surface area contributed by atoms with Gasteiger partial charge in [-0.25, -0.2) is 9.97 Å². The van der Waals surface area contributed by atoms with Crippen LogP contribution in [0.15, 0.2) is 55.2 Å². The minimum Gasteiger partial charge on any atom is -0.381 e. The third-order valence-electron chi connectivity index (χ3n) is 11.2. The van der Waals surface area contributed by atoms with Crippen LogP contribution in [0.5, 0.6) is 0 Å². The molecule has 2 saturated heterocycles. The van der Waals surface area contributed by atoms with Crippen LogP contribution in [-0.4, -0.2) is 84.1 Å². The van der Waals surface area contributed by atoms with E-state index in [4.69, 9.17) is 25.7 Å². The Bertz CT molecular complexity index is 2100. The summed E-state index contributed by atoms with van der Waals surface area (Å²) < 4.78 is 9.95. The maximum absolute atomic E-state index is 12.4. The van der Waals surface area contributed by atoms with Crippen molar-refractivity contribution >= 4 is 28.5 Å². The van der Waals surface area contributed by atoms with Gasteiger partial charge in [-0.3, -0.25) is 23.9 Å². The molecule has 7 heterocycles. The van der Waals surface area contributed by atoms with E-state index < -0.39 is 5.91 Å². The predicted octanol–water partition coefficient (Wildman–Crippen LogP) is 4.02. The molecule has 5 aromatic rings. The average Bonchev–Trinajstić information content (AvgIpc) is 3.73. The molecule has 13 nitrogen and oxygen atoms in total. The summed E-state index contributed by atoms with van der Waals surface area (Å²) in [6, 6.07) is 8.80. The Kier molecular flexibility index (Phi) is 7.41. The van der Waals surface area contributed by atoms with Gasteiger partial charge in [0.05, 0.1) is 29.2 Å². The summed E-state index contributed by atoms with van der Waals surface area (Å²) in [6.45, 7) is 7.18. The SMILES string of the molecule is CC(=O)N1CCc2c(c(-c3cccc4cc(-c5cnn(CC6CC7(C6)CN(c6ncc(C(N)=O)cn6)C7)c5)ncc34)nn2C2CCOCC2)C1. The number of nitrogens with two attached hydrogens (primary N) is 1. The monoisotopic (exact) mass is 672 g/mol. The highest BCUT2D eigenvalue weighted by atomic mass is 16.5. The number of hydrogen-bond acceptors (Lipinski definition) is 9. The molecule has 9 rings (SSSR count). The molecule has 50 heavy (non-hydrogen) atoms. The number of benzene rings is 1. The predicted molar refractivity (Wildman–Crippen MR) is 186 cm³/mol. The highest BCUT2D eigenvalue weighted by molar-refractivity contribution is 5.97. The van der Waals surface area contributed by atoms with Crippen molar-refractivity contribution in [3.63, 3.8) is 0 Å². The lowest BCUT2D eigenvalue weighted by Gasteiger charge is -2.59. The van der Waals surface area contributed by atoms with Crippen molar-refractivity contribution in [3.05, 3.63) is 72.1 Å². The Hall–Kier alpha value is -5.17. The minimum absolute atomic E-state index is 0.0947. The van der Waals surface area contributed by atoms with Crippen LogP contribution in [0.3, 0.4) is 0 Å². The smallest absolute Gasteiger partial charge is 0.251 e. The second-order valence-electron chi connectivity index (χ2n) is 14.6. The molecule has 1 saturated carbocycles. The number of aromatic nitrogens is 7. The number of anilines is 1. The molecular formula is C37H40N10O3. The van der Waals surface area contributed by atoms with Gasteiger partial charge in [-0.05, 0) is 43.1 Å². The van der Waals surface area contributed by atoms with Gasteiger partial charge in [-0.1, -0.05) is 18.2 Å². The van der Waals surface area contributed by atoms with E-state index in [-0.39, 0.29) is 5.91 Å². The molecule has 3 fully saturated rings. The van der Waals surface area contributed by atoms with Crippen molar-refractivity contribution in [3.8, 4) is 22.5 Å². The molecular weight excluding hydrogens is 632 g/mol. The molecule has 0 radical (unpaired) electrons. The largest absolute Gasteiger partial charge is 0.381 e. The van der Waals surface area contributed by atoms with E-state index in [1.807, 2.05) is 22.0 Å². The fourth-order valence-electron chi connectivity index (χ4n) is 8.63. The number of hydrogen-bond donors (Lipinski definition) is 1. The molecule has 256 valence electrons. The number of nitrogens with zero attached hydrogens (tertiary/aromatic N) is 9. The van der Waals surface area contributed by atoms with Gasteiger partial charge in [0.1, 0.15) is 0 Å². The van der Waals surface area contributed by atoms with Gasteiger partial charge in [0.15, 0.2) is 0 Å². The maximum atomic E-state index is 12.4. The Morgan fingerprint density at radius 3 is 2.60 bits per heavy atom. The molecule has 0 unspecified atom stereocenters. The Labute approximate surface area is 289 Å². The molecule has 13 heteroatoms. The number of ether oxygens (including phenoxy) is 1. The van der Waals surface area contributed by atoms with Crippen molar-refractivity contribution in [2.75, 3.05) is 37.7 Å². The summed E-state index contributed by atoms with van der Waals surface area (Å²) in [5.41, 5.74) is 12.2. The first-order valence-corrected chi connectivity index (χ1v) is 17.5. The number of pyridine rings is 1. The second-order valence-corrected chi connectivity index (χ2v) is 14.6. The van der Waals surface area contributed by atoms with E-state index >= 15 is 0 Å². The molecule has 1 aliphatic carbocycles. The summed E-state index contributed by atoms with van der Waals surface area (Å²) in [7, 11) is 0. The summed E-state index contributed by atoms with van der Waals surface area (Å²) in [6.07, 6.45) is 14.0. The molecule has 3 aliphatic heterocycles. The second kappa shape index (κ2) is 12.0. The zero-order valence-corrected chi connectivity index (χ0v) is 28.2. The quantitative estimate of drug-likeness (QED) is 0.270. The number of fused-ring (bicyclic) bond motifs is 2. The zero-order chi connectivity index (χ0) is 34.0. The highest BCUT2D eigenvalue weighted by Crippen LogP contribution is 2.53. The van der Waals surface area contributed by atoms with E-state index in [0.29, 0.717) is 35.4 Å². The number of carbonyl (C=O) groups excluding carboxylic acids is 2. The first-order valence-electron chi connectivity index (χ1n) is 17.5. The first kappa shape index (κ1) is 30.9. The Morgan fingerprint density at radius 2 is 1.84 bits per heavy atom. The molecule has 4 aliphatic rings. The molecule has 2 amide bonds. The number of rotatable bonds is 7. The van der Waals surface area contributed by atoms with Gasteiger partial charge in [-0.15, -0.1) is 0 Å². The standard InChI is InChI=1S/C37H40N10O3/c1-23(48)44-8-5-33-31(20-44)34(43-47(33)28-6-9-50-10-7-28)29-4-2-3-25-11-32(39-17-30(25)29)27-16-42-46(19-27)18-24-12-37(13-24)21-45(22-37)36-40-14-26(15-41-36)35(38)49/h2-4,11,14-17,19,24,28H,5-10,12-13,18,20-22H2,1H3,(H2,38,49). The number of amides is 2. The summed E-state index contributed by atoms with van der Waals surface area (Å²) in [5.74, 6) is 0.802. The van der Waals surface area contributed by atoms with Gasteiger partial charge < -0.3 is 20.3 Å². The van der Waals surface area contributed by atoms with Crippen LogP contribution in [0.25, 0.3) is 33.3 Å². The highest BCUT2D eigenvalue weighted by Gasteiger charge is 2.53. The third kappa shape index (κ3) is 5.40. The van der Waals surface area contributed by atoms with Gasteiger partial charge in [0.2, 0.25) is 11.9 Å². The van der Waals surface area contributed by atoms with Gasteiger partial charge in [0, 0.05) is 117 Å². The van der Waals surface area contributed by atoms with Gasteiger partial charge in [-0.2, -0.15) is 10.2 Å². The van der Waals surface area contributed by atoms with Crippen LogP contribution in [-0.2, 0) is 29.0 Å². The minimum atomic E-state index is -0.516. The lowest BCUT2D eigenvalue weighted by Crippen LogP contribution is -2.63.